The fourth-order valence-electron chi connectivity index (χ4n) is 4.22. The summed E-state index contributed by atoms with van der Waals surface area (Å²) in [6.07, 6.45) is 8.95. The summed E-state index contributed by atoms with van der Waals surface area (Å²) in [7, 11) is 11.2. The van der Waals surface area contributed by atoms with Gasteiger partial charge in [-0.1, -0.05) is 86.0 Å². The first kappa shape index (κ1) is 25.6. The number of benzene rings is 4. The SMILES string of the molecule is CC1=[C-]c2cc3ccccc3cc2C1.CC1=[C-]c2cc3ccccc3cc2C1.C[Si](C)=[Zr]([Cl])[Cl]. The van der Waals surface area contributed by atoms with Crippen molar-refractivity contribution < 1.29 is 18.0 Å². The summed E-state index contributed by atoms with van der Waals surface area (Å²) in [5.74, 6) is 0. The van der Waals surface area contributed by atoms with Gasteiger partial charge in [-0.15, -0.1) is 34.4 Å². The van der Waals surface area contributed by atoms with Gasteiger partial charge in [0.15, 0.2) is 0 Å². The molecule has 0 atom stereocenters. The van der Waals surface area contributed by atoms with Crippen molar-refractivity contribution in [1.29, 1.82) is 0 Å². The van der Waals surface area contributed by atoms with Crippen LogP contribution in [0.2, 0.25) is 13.1 Å². The monoisotopic (exact) mass is 576 g/mol. The van der Waals surface area contributed by atoms with Crippen LogP contribution >= 0.6 is 17.0 Å². The molecule has 172 valence electrons. The summed E-state index contributed by atoms with van der Waals surface area (Å²) < 4.78 is 0. The van der Waals surface area contributed by atoms with Crippen LogP contribution in [0, 0.1) is 12.2 Å². The molecule has 4 heteroatoms. The molecule has 0 heterocycles. The molecule has 4 aromatic carbocycles. The first-order chi connectivity index (χ1) is 16.3. The van der Waals surface area contributed by atoms with Crippen LogP contribution in [0.1, 0.15) is 36.1 Å². The van der Waals surface area contributed by atoms with E-state index in [1.54, 1.807) is 0 Å². The van der Waals surface area contributed by atoms with Gasteiger partial charge in [-0.3, -0.25) is 0 Å². The molecule has 0 N–H and O–H groups in total. The van der Waals surface area contributed by atoms with Gasteiger partial charge in [0, 0.05) is 0 Å². The molecular formula is C30H28Cl2SiZr-2. The van der Waals surface area contributed by atoms with Gasteiger partial charge in [0.25, 0.3) is 0 Å². The van der Waals surface area contributed by atoms with Crippen LogP contribution in [0.4, 0.5) is 0 Å². The molecule has 0 aromatic heterocycles. The Morgan fingerprint density at radius 1 is 0.647 bits per heavy atom. The van der Waals surface area contributed by atoms with E-state index in [0.29, 0.717) is 0 Å². The van der Waals surface area contributed by atoms with E-state index in [0.717, 1.165) is 12.8 Å². The standard InChI is InChI=1S/2C14H11.C2H6Si.2ClH.Zr/c2*1-10-6-13-8-11-4-2-3-5-12(11)9-14(13)7-10;1-3-2;;;/h2*2-5,8-9H,6H2,1H3;1-2H3;2*1H;/q2*-1;;;;+2/p-2. The molecule has 0 bridgehead atoms. The Morgan fingerprint density at radius 3 is 1.29 bits per heavy atom. The second-order valence-electron chi connectivity index (χ2n) is 9.14. The quantitative estimate of drug-likeness (QED) is 0.144. The molecule has 2 aliphatic rings. The van der Waals surface area contributed by atoms with Gasteiger partial charge >= 0.3 is 53.5 Å². The van der Waals surface area contributed by atoms with Crippen molar-refractivity contribution in [2.24, 2.45) is 0 Å². The Kier molecular flexibility index (Phi) is 8.70. The summed E-state index contributed by atoms with van der Waals surface area (Å²) in [5.41, 5.74) is 7.85. The molecule has 0 fully saturated rings. The Bertz CT molecular complexity index is 1340. The molecule has 0 saturated heterocycles. The van der Waals surface area contributed by atoms with Crippen molar-refractivity contribution in [3.8, 4) is 0 Å². The van der Waals surface area contributed by atoms with Crippen LogP contribution in [-0.2, 0) is 30.8 Å². The van der Waals surface area contributed by atoms with E-state index in [1.165, 1.54) is 54.9 Å². The van der Waals surface area contributed by atoms with E-state index in [-0.39, 0.29) is 5.43 Å². The van der Waals surface area contributed by atoms with E-state index in [9.17, 15) is 0 Å². The predicted octanol–water partition coefficient (Wildman–Crippen LogP) is 9.15. The summed E-state index contributed by atoms with van der Waals surface area (Å²) in [5, 5.41) is 5.30. The number of rotatable bonds is 0. The molecular weight excluding hydrogens is 551 g/mol. The van der Waals surface area contributed by atoms with E-state index in [1.807, 2.05) is 0 Å². The second-order valence-corrected chi connectivity index (χ2v) is 32.1. The second kappa shape index (κ2) is 11.5. The van der Waals surface area contributed by atoms with Crippen LogP contribution in [-0.4, -0.2) is 5.43 Å². The van der Waals surface area contributed by atoms with Gasteiger partial charge in [0.1, 0.15) is 0 Å². The Balaban J connectivity index is 0.000000132. The third-order valence-electron chi connectivity index (χ3n) is 5.93. The maximum absolute atomic E-state index is 5.62. The minimum atomic E-state index is -1.65. The molecule has 4 aromatic rings. The van der Waals surface area contributed by atoms with Crippen LogP contribution < -0.4 is 0 Å². The van der Waals surface area contributed by atoms with E-state index in [4.69, 9.17) is 17.0 Å². The zero-order chi connectivity index (χ0) is 24.2. The molecule has 0 saturated carbocycles. The third kappa shape index (κ3) is 6.41. The Hall–Kier alpha value is -1.44. The van der Waals surface area contributed by atoms with Crippen LogP contribution in [0.25, 0.3) is 21.5 Å². The normalized spacial score (nSPS) is 13.1. The van der Waals surface area contributed by atoms with Gasteiger partial charge < -0.3 is 0 Å². The first-order valence-electron chi connectivity index (χ1n) is 11.5. The van der Waals surface area contributed by atoms with E-state index >= 15 is 0 Å². The topological polar surface area (TPSA) is 0 Å². The van der Waals surface area contributed by atoms with Gasteiger partial charge in [-0.05, 0) is 10.8 Å². The fourth-order valence-corrected chi connectivity index (χ4v) is 4.22. The minimum absolute atomic E-state index is 0.224. The van der Waals surface area contributed by atoms with Crippen molar-refractivity contribution >= 4 is 44.0 Å². The molecule has 0 amide bonds. The first-order valence-corrected chi connectivity index (χ1v) is 24.0. The molecule has 0 unspecified atom stereocenters. The van der Waals surface area contributed by atoms with Crippen LogP contribution in [0.15, 0.2) is 83.9 Å². The number of halogens is 2. The number of fused-ring (bicyclic) bond motifs is 4. The van der Waals surface area contributed by atoms with Gasteiger partial charge in [0.2, 0.25) is 0 Å². The third-order valence-corrected chi connectivity index (χ3v) is 25.7. The number of hydrogen-bond acceptors (Lipinski definition) is 0. The molecule has 2 aliphatic carbocycles. The van der Waals surface area contributed by atoms with Crippen molar-refractivity contribution in [3.63, 3.8) is 0 Å². The zero-order valence-corrected chi connectivity index (χ0v) is 25.1. The fraction of sp³-hybridized carbons (Fsp3) is 0.200. The maximum atomic E-state index is 5.62. The average Bonchev–Trinajstić information content (AvgIpc) is 3.35. The summed E-state index contributed by atoms with van der Waals surface area (Å²) >= 11 is -1.65. The summed E-state index contributed by atoms with van der Waals surface area (Å²) in [6.45, 7) is 8.62. The molecule has 34 heavy (non-hydrogen) atoms. The molecule has 0 nitrogen and oxygen atoms in total. The molecule has 0 spiro atoms. The zero-order valence-electron chi connectivity index (χ0n) is 20.1. The van der Waals surface area contributed by atoms with Crippen LogP contribution in [0.3, 0.4) is 0 Å². The average molecular weight is 579 g/mol. The van der Waals surface area contributed by atoms with E-state index in [2.05, 4.69) is 112 Å². The molecule has 0 radical (unpaired) electrons. The molecule has 0 aliphatic heterocycles. The van der Waals surface area contributed by atoms with Crippen molar-refractivity contribution in [2.75, 3.05) is 0 Å². The van der Waals surface area contributed by atoms with Crippen molar-refractivity contribution in [3.05, 3.63) is 118 Å². The Morgan fingerprint density at radius 2 is 0.971 bits per heavy atom. The van der Waals surface area contributed by atoms with Gasteiger partial charge in [0.05, 0.1) is 0 Å². The summed E-state index contributed by atoms with van der Waals surface area (Å²) in [4.78, 5) is 0. The number of allylic oxidation sites excluding steroid dienone is 2. The van der Waals surface area contributed by atoms with E-state index < -0.39 is 18.0 Å². The van der Waals surface area contributed by atoms with Crippen molar-refractivity contribution in [2.45, 2.75) is 39.8 Å². The summed E-state index contributed by atoms with van der Waals surface area (Å²) in [6, 6.07) is 26.1. The van der Waals surface area contributed by atoms with Crippen molar-refractivity contribution in [1.82, 2.24) is 0 Å². The number of hydrogen-bond donors (Lipinski definition) is 0. The van der Waals surface area contributed by atoms with Crippen LogP contribution in [0.5, 0.6) is 0 Å². The Labute approximate surface area is 218 Å². The predicted molar refractivity (Wildman–Crippen MR) is 148 cm³/mol. The van der Waals surface area contributed by atoms with Gasteiger partial charge in [-0.2, -0.15) is 35.4 Å². The van der Waals surface area contributed by atoms with Gasteiger partial charge in [-0.25, -0.2) is 0 Å². The molecule has 6 rings (SSSR count).